The topological polar surface area (TPSA) is 67.4 Å². The van der Waals surface area contributed by atoms with Gasteiger partial charge in [0.25, 0.3) is 0 Å². The van der Waals surface area contributed by atoms with Crippen LogP contribution in [0.5, 0.6) is 5.75 Å². The molecule has 2 rings (SSSR count). The number of hydrogen-bond acceptors (Lipinski definition) is 3. The van der Waals surface area contributed by atoms with Gasteiger partial charge in [-0.1, -0.05) is 25.1 Å². The van der Waals surface area contributed by atoms with Crippen molar-refractivity contribution in [2.75, 3.05) is 13.7 Å². The first kappa shape index (κ1) is 18.5. The number of methoxy groups -OCH3 is 1. The number of carbonyl (C=O) groups is 2. The number of rotatable bonds is 7. The van der Waals surface area contributed by atoms with Crippen molar-refractivity contribution >= 4 is 28.7 Å². The molecule has 0 radical (unpaired) electrons. The Morgan fingerprint density at radius 1 is 1.16 bits per heavy atom. The van der Waals surface area contributed by atoms with Gasteiger partial charge in [0.2, 0.25) is 11.8 Å². The zero-order valence-corrected chi connectivity index (χ0v) is 14.8. The molecule has 0 bridgehead atoms. The zero-order valence-electron chi connectivity index (χ0n) is 14.8. The van der Waals surface area contributed by atoms with Crippen LogP contribution in [0.2, 0.25) is 0 Å². The summed E-state index contributed by atoms with van der Waals surface area (Å²) in [6, 6.07) is 11.2. The van der Waals surface area contributed by atoms with Gasteiger partial charge in [0, 0.05) is 12.6 Å². The summed E-state index contributed by atoms with van der Waals surface area (Å²) in [6.07, 6.45) is 4.03. The van der Waals surface area contributed by atoms with Crippen LogP contribution in [0.25, 0.3) is 16.8 Å². The van der Waals surface area contributed by atoms with Crippen LogP contribution in [0.1, 0.15) is 25.8 Å². The van der Waals surface area contributed by atoms with Gasteiger partial charge in [0.1, 0.15) is 11.8 Å². The highest BCUT2D eigenvalue weighted by molar-refractivity contribution is 5.96. The van der Waals surface area contributed by atoms with E-state index in [1.807, 2.05) is 43.3 Å². The second kappa shape index (κ2) is 8.87. The summed E-state index contributed by atoms with van der Waals surface area (Å²) >= 11 is 0. The summed E-state index contributed by atoms with van der Waals surface area (Å²) in [7, 11) is 1.64. The molecule has 0 saturated carbocycles. The summed E-state index contributed by atoms with van der Waals surface area (Å²) < 4.78 is 5.21. The van der Waals surface area contributed by atoms with Gasteiger partial charge in [0.05, 0.1) is 7.11 Å². The number of ether oxygens (including phenoxy) is 1. The lowest BCUT2D eigenvalue weighted by Crippen LogP contribution is -2.44. The third kappa shape index (κ3) is 5.35. The number of carbonyl (C=O) groups excluding carboxylic acids is 2. The Hall–Kier alpha value is -2.82. The highest BCUT2D eigenvalue weighted by atomic mass is 16.5. The molecule has 0 unspecified atom stereocenters. The molecule has 0 spiro atoms. The van der Waals surface area contributed by atoms with Crippen LogP contribution in [0.3, 0.4) is 0 Å². The monoisotopic (exact) mass is 340 g/mol. The zero-order chi connectivity index (χ0) is 18.2. The van der Waals surface area contributed by atoms with Crippen LogP contribution >= 0.6 is 0 Å². The van der Waals surface area contributed by atoms with Gasteiger partial charge in [-0.2, -0.15) is 0 Å². The largest absolute Gasteiger partial charge is 0.497 e. The van der Waals surface area contributed by atoms with Crippen LogP contribution in [0, 0.1) is 0 Å². The quantitative estimate of drug-likeness (QED) is 0.762. The van der Waals surface area contributed by atoms with Gasteiger partial charge >= 0.3 is 0 Å². The van der Waals surface area contributed by atoms with Crippen LogP contribution in [-0.2, 0) is 9.59 Å². The Labute approximate surface area is 148 Å². The molecule has 0 aliphatic carbocycles. The van der Waals surface area contributed by atoms with Crippen molar-refractivity contribution in [3.63, 3.8) is 0 Å². The molecule has 132 valence electrons. The molecule has 0 heterocycles. The van der Waals surface area contributed by atoms with Crippen LogP contribution < -0.4 is 15.4 Å². The molecule has 0 saturated heterocycles. The van der Waals surface area contributed by atoms with Gasteiger partial charge in [-0.3, -0.25) is 9.59 Å². The lowest BCUT2D eigenvalue weighted by atomic mass is 10.1. The van der Waals surface area contributed by atoms with Crippen molar-refractivity contribution < 1.29 is 14.3 Å². The number of benzene rings is 2. The number of hydrogen-bond donors (Lipinski definition) is 2. The molecule has 2 aromatic rings. The van der Waals surface area contributed by atoms with Gasteiger partial charge in [-0.05, 0) is 54.0 Å². The molecular weight excluding hydrogens is 316 g/mol. The Kier molecular flexibility index (Phi) is 6.57. The third-order valence-corrected chi connectivity index (χ3v) is 3.80. The summed E-state index contributed by atoms with van der Waals surface area (Å²) in [5.74, 6) is 0.336. The molecule has 0 fully saturated rings. The maximum atomic E-state index is 12.0. The summed E-state index contributed by atoms with van der Waals surface area (Å²) in [4.78, 5) is 23.7. The van der Waals surface area contributed by atoms with Gasteiger partial charge in [0.15, 0.2) is 0 Å². The molecule has 25 heavy (non-hydrogen) atoms. The summed E-state index contributed by atoms with van der Waals surface area (Å²) in [5.41, 5.74) is 0.913. The van der Waals surface area contributed by atoms with Gasteiger partial charge < -0.3 is 15.4 Å². The van der Waals surface area contributed by atoms with Crippen molar-refractivity contribution in [2.24, 2.45) is 0 Å². The number of amides is 2. The minimum Gasteiger partial charge on any atom is -0.497 e. The van der Waals surface area contributed by atoms with E-state index in [0.29, 0.717) is 6.54 Å². The van der Waals surface area contributed by atoms with Crippen LogP contribution in [-0.4, -0.2) is 31.5 Å². The molecule has 1 atom stereocenters. The third-order valence-electron chi connectivity index (χ3n) is 3.80. The Balaban J connectivity index is 1.99. The van der Waals surface area contributed by atoms with E-state index in [1.54, 1.807) is 20.1 Å². The molecular formula is C20H24N2O3. The second-order valence-electron chi connectivity index (χ2n) is 5.83. The predicted molar refractivity (Wildman–Crippen MR) is 100 cm³/mol. The lowest BCUT2D eigenvalue weighted by Gasteiger charge is -2.12. The van der Waals surface area contributed by atoms with E-state index < -0.39 is 6.04 Å². The SMILES string of the molecule is CCCNC(=O)[C@@H](C)NC(=O)/C=C/c1ccc2cc(OC)ccc2c1. The fraction of sp³-hybridized carbons (Fsp3) is 0.300. The predicted octanol–water partition coefficient (Wildman–Crippen LogP) is 2.89. The molecule has 2 amide bonds. The first-order valence-corrected chi connectivity index (χ1v) is 8.37. The van der Waals surface area contributed by atoms with Crippen LogP contribution in [0.15, 0.2) is 42.5 Å². The van der Waals surface area contributed by atoms with Crippen molar-refractivity contribution in [2.45, 2.75) is 26.3 Å². The van der Waals surface area contributed by atoms with Crippen molar-refractivity contribution in [3.8, 4) is 5.75 Å². The highest BCUT2D eigenvalue weighted by Crippen LogP contribution is 2.22. The Morgan fingerprint density at radius 2 is 1.88 bits per heavy atom. The lowest BCUT2D eigenvalue weighted by molar-refractivity contribution is -0.126. The van der Waals surface area contributed by atoms with Gasteiger partial charge in [-0.25, -0.2) is 0 Å². The van der Waals surface area contributed by atoms with E-state index in [2.05, 4.69) is 10.6 Å². The summed E-state index contributed by atoms with van der Waals surface area (Å²) in [5, 5.41) is 7.55. The summed E-state index contributed by atoms with van der Waals surface area (Å²) in [6.45, 7) is 4.25. The van der Waals surface area contributed by atoms with Gasteiger partial charge in [-0.15, -0.1) is 0 Å². The standard InChI is InChI=1S/C20H24N2O3/c1-4-11-21-20(24)14(2)22-19(23)10-6-15-5-7-17-13-18(25-3)9-8-16(17)12-15/h5-10,12-14H,4,11H2,1-3H3,(H,21,24)(H,22,23)/b10-6+/t14-/m1/s1. The van der Waals surface area contributed by atoms with Crippen molar-refractivity contribution in [3.05, 3.63) is 48.0 Å². The van der Waals surface area contributed by atoms with E-state index in [1.165, 1.54) is 6.08 Å². The number of fused-ring (bicyclic) bond motifs is 1. The highest BCUT2D eigenvalue weighted by Gasteiger charge is 2.13. The first-order chi connectivity index (χ1) is 12.0. The van der Waals surface area contributed by atoms with E-state index in [0.717, 1.165) is 28.5 Å². The smallest absolute Gasteiger partial charge is 0.244 e. The van der Waals surface area contributed by atoms with Crippen molar-refractivity contribution in [1.29, 1.82) is 0 Å². The maximum Gasteiger partial charge on any atom is 0.244 e. The second-order valence-corrected chi connectivity index (χ2v) is 5.83. The van der Waals surface area contributed by atoms with E-state index in [-0.39, 0.29) is 11.8 Å². The fourth-order valence-electron chi connectivity index (χ4n) is 2.37. The minimum atomic E-state index is -0.562. The molecule has 0 aromatic heterocycles. The van der Waals surface area contributed by atoms with E-state index in [9.17, 15) is 9.59 Å². The maximum absolute atomic E-state index is 12.0. The molecule has 5 heteroatoms. The Bertz CT molecular complexity index is 784. The average molecular weight is 340 g/mol. The molecule has 2 aromatic carbocycles. The van der Waals surface area contributed by atoms with Crippen molar-refractivity contribution in [1.82, 2.24) is 10.6 Å². The first-order valence-electron chi connectivity index (χ1n) is 8.37. The van der Waals surface area contributed by atoms with E-state index in [4.69, 9.17) is 4.74 Å². The normalized spacial score (nSPS) is 12.1. The molecule has 0 aliphatic rings. The van der Waals surface area contributed by atoms with E-state index >= 15 is 0 Å². The molecule has 2 N–H and O–H groups in total. The average Bonchev–Trinajstić information content (AvgIpc) is 2.63. The minimum absolute atomic E-state index is 0.178. The molecule has 0 aliphatic heterocycles. The van der Waals surface area contributed by atoms with Crippen LogP contribution in [0.4, 0.5) is 0 Å². The fourth-order valence-corrected chi connectivity index (χ4v) is 2.37. The Morgan fingerprint density at radius 3 is 2.60 bits per heavy atom. The number of nitrogens with one attached hydrogen (secondary N) is 2. The molecule has 5 nitrogen and oxygen atoms in total.